The second-order valence-electron chi connectivity index (χ2n) is 8.17. The van der Waals surface area contributed by atoms with E-state index in [0.29, 0.717) is 44.4 Å². The maximum atomic E-state index is 12.5. The third kappa shape index (κ3) is 5.94. The van der Waals surface area contributed by atoms with E-state index in [2.05, 4.69) is 48.3 Å². The van der Waals surface area contributed by atoms with Crippen molar-refractivity contribution in [2.75, 3.05) is 32.7 Å². The fourth-order valence-electron chi connectivity index (χ4n) is 3.65. The summed E-state index contributed by atoms with van der Waals surface area (Å²) in [5.41, 5.74) is 2.43. The minimum Gasteiger partial charge on any atom is -0.459 e. The van der Waals surface area contributed by atoms with Crippen molar-refractivity contribution in [1.82, 2.24) is 15.1 Å². The number of nitrogens with one attached hydrogen (secondary N) is 1. The van der Waals surface area contributed by atoms with Crippen molar-refractivity contribution in [3.8, 4) is 0 Å². The van der Waals surface area contributed by atoms with Crippen LogP contribution in [0.1, 0.15) is 48.5 Å². The van der Waals surface area contributed by atoms with Crippen LogP contribution in [0.4, 0.5) is 0 Å². The highest BCUT2D eigenvalue weighted by molar-refractivity contribution is 5.91. The molecule has 0 spiro atoms. The molecule has 0 radical (unpaired) electrons. The van der Waals surface area contributed by atoms with E-state index in [4.69, 9.17) is 4.42 Å². The normalized spacial score (nSPS) is 16.1. The number of hydrogen-bond donors (Lipinski definition) is 1. The van der Waals surface area contributed by atoms with Crippen molar-refractivity contribution in [1.29, 1.82) is 0 Å². The molecule has 2 aromatic rings. The second-order valence-corrected chi connectivity index (χ2v) is 8.17. The van der Waals surface area contributed by atoms with Crippen LogP contribution in [0, 0.1) is 5.92 Å². The van der Waals surface area contributed by atoms with E-state index in [0.717, 1.165) is 12.0 Å². The van der Waals surface area contributed by atoms with Crippen LogP contribution < -0.4 is 5.32 Å². The quantitative estimate of drug-likeness (QED) is 0.780. The van der Waals surface area contributed by atoms with E-state index < -0.39 is 0 Å². The van der Waals surface area contributed by atoms with Gasteiger partial charge < -0.3 is 14.6 Å². The highest BCUT2D eigenvalue weighted by Crippen LogP contribution is 2.16. The number of nitrogens with zero attached hydrogens (tertiary/aromatic N) is 2. The molecular formula is C23H31N3O3. The molecule has 1 N–H and O–H groups in total. The number of amides is 2. The molecule has 2 amide bonds. The Morgan fingerprint density at radius 1 is 1.03 bits per heavy atom. The van der Waals surface area contributed by atoms with Crippen LogP contribution in [0.25, 0.3) is 0 Å². The van der Waals surface area contributed by atoms with E-state index in [1.807, 2.05) is 6.92 Å². The van der Waals surface area contributed by atoms with Gasteiger partial charge in [-0.1, -0.05) is 38.1 Å². The predicted octanol–water partition coefficient (Wildman–Crippen LogP) is 3.11. The van der Waals surface area contributed by atoms with Crippen molar-refractivity contribution in [2.24, 2.45) is 5.92 Å². The highest BCUT2D eigenvalue weighted by atomic mass is 16.3. The summed E-state index contributed by atoms with van der Waals surface area (Å²) in [7, 11) is 0. The molecule has 6 nitrogen and oxygen atoms in total. The van der Waals surface area contributed by atoms with Gasteiger partial charge in [0.1, 0.15) is 0 Å². The molecule has 6 heteroatoms. The molecule has 1 aliphatic heterocycles. The molecule has 1 unspecified atom stereocenters. The van der Waals surface area contributed by atoms with Crippen molar-refractivity contribution < 1.29 is 14.0 Å². The van der Waals surface area contributed by atoms with Crippen LogP contribution in [0.2, 0.25) is 0 Å². The van der Waals surface area contributed by atoms with Crippen LogP contribution in [-0.4, -0.2) is 54.3 Å². The van der Waals surface area contributed by atoms with Gasteiger partial charge in [0.2, 0.25) is 5.91 Å². The summed E-state index contributed by atoms with van der Waals surface area (Å²) in [5.74, 6) is 0.917. The van der Waals surface area contributed by atoms with Crippen LogP contribution in [0.15, 0.2) is 47.1 Å². The first-order valence-corrected chi connectivity index (χ1v) is 10.4. The minimum atomic E-state index is -0.0892. The Morgan fingerprint density at radius 3 is 2.31 bits per heavy atom. The first-order valence-electron chi connectivity index (χ1n) is 10.4. The molecule has 156 valence electrons. The van der Waals surface area contributed by atoms with Crippen molar-refractivity contribution in [2.45, 2.75) is 33.2 Å². The number of carbonyl (C=O) groups is 2. The van der Waals surface area contributed by atoms with Gasteiger partial charge in [-0.3, -0.25) is 14.5 Å². The molecule has 1 aliphatic rings. The number of piperazine rings is 1. The molecular weight excluding hydrogens is 366 g/mol. The van der Waals surface area contributed by atoms with E-state index in [-0.39, 0.29) is 17.9 Å². The Hall–Kier alpha value is -2.60. The van der Waals surface area contributed by atoms with Crippen LogP contribution in [-0.2, 0) is 11.2 Å². The van der Waals surface area contributed by atoms with Gasteiger partial charge in [-0.05, 0) is 42.5 Å². The number of rotatable bonds is 7. The van der Waals surface area contributed by atoms with E-state index >= 15 is 0 Å². The second kappa shape index (κ2) is 9.74. The standard InChI is InChI=1S/C23H31N3O3/c1-17(2)15-19-6-8-20(9-7-19)18(3)24-22(27)16-25-10-12-26(13-11-25)23(28)21-5-4-14-29-21/h4-9,14,17-18H,10-13,15-16H2,1-3H3,(H,24,27). The molecule has 1 aromatic carbocycles. The van der Waals surface area contributed by atoms with Gasteiger partial charge in [-0.2, -0.15) is 0 Å². The summed E-state index contributed by atoms with van der Waals surface area (Å²) in [6.07, 6.45) is 2.57. The molecule has 1 aromatic heterocycles. The lowest BCUT2D eigenvalue weighted by atomic mass is 10.00. The van der Waals surface area contributed by atoms with Gasteiger partial charge in [0, 0.05) is 26.2 Å². The SMILES string of the molecule is CC(C)Cc1ccc(C(C)NC(=O)CN2CCN(C(=O)c3ccco3)CC2)cc1. The fraction of sp³-hybridized carbons (Fsp3) is 0.478. The average molecular weight is 398 g/mol. The van der Waals surface area contributed by atoms with Gasteiger partial charge in [0.05, 0.1) is 18.8 Å². The van der Waals surface area contributed by atoms with Gasteiger partial charge >= 0.3 is 0 Å². The third-order valence-corrected chi connectivity index (χ3v) is 5.26. The Morgan fingerprint density at radius 2 is 1.72 bits per heavy atom. The molecule has 2 heterocycles. The van der Waals surface area contributed by atoms with Crippen molar-refractivity contribution in [3.05, 3.63) is 59.5 Å². The Kier molecular flexibility index (Phi) is 7.09. The number of furan rings is 1. The molecule has 1 fully saturated rings. The molecule has 3 rings (SSSR count). The largest absolute Gasteiger partial charge is 0.459 e. The van der Waals surface area contributed by atoms with Gasteiger partial charge in [0.25, 0.3) is 5.91 Å². The Balaban J connectivity index is 1.43. The lowest BCUT2D eigenvalue weighted by molar-refractivity contribution is -0.123. The lowest BCUT2D eigenvalue weighted by Gasteiger charge is -2.34. The van der Waals surface area contributed by atoms with Crippen LogP contribution in [0.3, 0.4) is 0 Å². The topological polar surface area (TPSA) is 65.8 Å². The molecule has 0 aliphatic carbocycles. The first-order chi connectivity index (χ1) is 13.9. The minimum absolute atomic E-state index is 0.00886. The molecule has 1 saturated heterocycles. The predicted molar refractivity (Wildman–Crippen MR) is 113 cm³/mol. The van der Waals surface area contributed by atoms with Crippen LogP contribution >= 0.6 is 0 Å². The van der Waals surface area contributed by atoms with E-state index in [1.165, 1.54) is 11.8 Å². The average Bonchev–Trinajstić information content (AvgIpc) is 3.23. The zero-order chi connectivity index (χ0) is 20.8. The summed E-state index contributed by atoms with van der Waals surface area (Å²) in [6, 6.07) is 11.9. The van der Waals surface area contributed by atoms with E-state index in [9.17, 15) is 9.59 Å². The third-order valence-electron chi connectivity index (χ3n) is 5.26. The maximum absolute atomic E-state index is 12.5. The Labute approximate surface area is 172 Å². The van der Waals surface area contributed by atoms with Crippen LogP contribution in [0.5, 0.6) is 0 Å². The molecule has 29 heavy (non-hydrogen) atoms. The smallest absolute Gasteiger partial charge is 0.289 e. The summed E-state index contributed by atoms with van der Waals surface area (Å²) in [6.45, 7) is 9.33. The monoisotopic (exact) mass is 397 g/mol. The summed E-state index contributed by atoms with van der Waals surface area (Å²) >= 11 is 0. The maximum Gasteiger partial charge on any atom is 0.289 e. The molecule has 0 saturated carbocycles. The first kappa shape index (κ1) is 21.1. The summed E-state index contributed by atoms with van der Waals surface area (Å²) < 4.78 is 5.18. The number of hydrogen-bond acceptors (Lipinski definition) is 4. The Bertz CT molecular complexity index is 791. The van der Waals surface area contributed by atoms with Gasteiger partial charge in [0.15, 0.2) is 5.76 Å². The zero-order valence-electron chi connectivity index (χ0n) is 17.6. The fourth-order valence-corrected chi connectivity index (χ4v) is 3.65. The molecule has 0 bridgehead atoms. The number of carbonyl (C=O) groups excluding carboxylic acids is 2. The summed E-state index contributed by atoms with van der Waals surface area (Å²) in [5, 5.41) is 3.08. The highest BCUT2D eigenvalue weighted by Gasteiger charge is 2.24. The van der Waals surface area contributed by atoms with Crippen molar-refractivity contribution in [3.63, 3.8) is 0 Å². The van der Waals surface area contributed by atoms with Gasteiger partial charge in [-0.25, -0.2) is 0 Å². The molecule has 1 atom stereocenters. The lowest BCUT2D eigenvalue weighted by Crippen LogP contribution is -2.51. The van der Waals surface area contributed by atoms with Gasteiger partial charge in [-0.15, -0.1) is 0 Å². The number of benzene rings is 1. The van der Waals surface area contributed by atoms with E-state index in [1.54, 1.807) is 17.0 Å². The zero-order valence-corrected chi connectivity index (χ0v) is 17.6. The van der Waals surface area contributed by atoms with Crippen molar-refractivity contribution >= 4 is 11.8 Å². The summed E-state index contributed by atoms with van der Waals surface area (Å²) in [4.78, 5) is 28.6.